The molecule has 0 aliphatic heterocycles. The Kier molecular flexibility index (Phi) is 11.3. The van der Waals surface area contributed by atoms with Gasteiger partial charge in [-0.25, -0.2) is 8.42 Å². The average molecular weight is 580 g/mol. The van der Waals surface area contributed by atoms with E-state index in [1.807, 2.05) is 58.0 Å². The van der Waals surface area contributed by atoms with Crippen molar-refractivity contribution in [3.63, 3.8) is 0 Å². The van der Waals surface area contributed by atoms with Crippen molar-refractivity contribution >= 4 is 27.5 Å². The van der Waals surface area contributed by atoms with Gasteiger partial charge in [0.2, 0.25) is 11.8 Å². The lowest BCUT2D eigenvalue weighted by atomic mass is 10.1. The predicted octanol–water partition coefficient (Wildman–Crippen LogP) is 4.96. The smallest absolute Gasteiger partial charge is 0.264 e. The van der Waals surface area contributed by atoms with Gasteiger partial charge in [-0.1, -0.05) is 55.0 Å². The molecule has 3 rings (SSSR count). The van der Waals surface area contributed by atoms with Crippen LogP contribution in [-0.2, 0) is 26.0 Å². The fraction of sp³-hybridized carbons (Fsp3) is 0.375. The van der Waals surface area contributed by atoms with Gasteiger partial charge in [0, 0.05) is 12.6 Å². The summed E-state index contributed by atoms with van der Waals surface area (Å²) in [5.41, 5.74) is 2.33. The maximum Gasteiger partial charge on any atom is 0.264 e. The largest absolute Gasteiger partial charge is 0.494 e. The fourth-order valence-corrected chi connectivity index (χ4v) is 5.69. The zero-order valence-electron chi connectivity index (χ0n) is 24.5. The molecule has 0 bridgehead atoms. The van der Waals surface area contributed by atoms with Gasteiger partial charge in [-0.05, 0) is 82.5 Å². The van der Waals surface area contributed by atoms with E-state index in [0.717, 1.165) is 21.9 Å². The third kappa shape index (κ3) is 8.57. The quantitative estimate of drug-likeness (QED) is 0.291. The SMILES string of the molecule is CCOc1ccc(S(=O)(=O)N(CC(=O)N(CCc2ccccc2)[C@H](C)C(=O)N[C@H](C)CC)c2ccc(C)cc2)cc1. The van der Waals surface area contributed by atoms with E-state index < -0.39 is 28.5 Å². The molecule has 0 saturated heterocycles. The van der Waals surface area contributed by atoms with Crippen LogP contribution in [0.25, 0.3) is 0 Å². The molecule has 0 heterocycles. The maximum absolute atomic E-state index is 14.0. The molecule has 0 fully saturated rings. The monoisotopic (exact) mass is 579 g/mol. The second-order valence-electron chi connectivity index (χ2n) is 10.1. The van der Waals surface area contributed by atoms with Crippen LogP contribution in [0.5, 0.6) is 5.75 Å². The van der Waals surface area contributed by atoms with E-state index in [1.54, 1.807) is 43.3 Å². The number of nitrogens with one attached hydrogen (secondary N) is 1. The first kappa shape index (κ1) is 31.7. The number of carbonyl (C=O) groups excluding carboxylic acids is 2. The summed E-state index contributed by atoms with van der Waals surface area (Å²) in [6.45, 7) is 9.56. The van der Waals surface area contributed by atoms with Crippen molar-refractivity contribution in [1.29, 1.82) is 0 Å². The molecule has 220 valence electrons. The molecule has 1 N–H and O–H groups in total. The van der Waals surface area contributed by atoms with Crippen molar-refractivity contribution in [3.8, 4) is 5.75 Å². The molecule has 2 atom stereocenters. The van der Waals surface area contributed by atoms with Gasteiger partial charge in [0.1, 0.15) is 18.3 Å². The average Bonchev–Trinajstić information content (AvgIpc) is 2.97. The molecule has 0 aliphatic rings. The number of hydrogen-bond acceptors (Lipinski definition) is 5. The maximum atomic E-state index is 14.0. The first-order valence-electron chi connectivity index (χ1n) is 14.0. The molecule has 41 heavy (non-hydrogen) atoms. The Morgan fingerprint density at radius 2 is 1.54 bits per heavy atom. The topological polar surface area (TPSA) is 96.0 Å². The van der Waals surface area contributed by atoms with Crippen molar-refractivity contribution in [2.75, 3.05) is 24.0 Å². The van der Waals surface area contributed by atoms with Crippen molar-refractivity contribution in [2.24, 2.45) is 0 Å². The van der Waals surface area contributed by atoms with Crippen LogP contribution in [0.1, 0.15) is 45.2 Å². The molecule has 3 aromatic rings. The summed E-state index contributed by atoms with van der Waals surface area (Å²) in [6.07, 6.45) is 1.27. The zero-order valence-corrected chi connectivity index (χ0v) is 25.4. The van der Waals surface area contributed by atoms with Gasteiger partial charge in [-0.2, -0.15) is 0 Å². The number of hydrogen-bond donors (Lipinski definition) is 1. The lowest BCUT2D eigenvalue weighted by molar-refractivity contribution is -0.139. The highest BCUT2D eigenvalue weighted by Gasteiger charge is 2.32. The minimum absolute atomic E-state index is 0.0349. The summed E-state index contributed by atoms with van der Waals surface area (Å²) >= 11 is 0. The number of nitrogens with zero attached hydrogens (tertiary/aromatic N) is 2. The summed E-state index contributed by atoms with van der Waals surface area (Å²) in [4.78, 5) is 28.6. The second kappa shape index (κ2) is 14.7. The van der Waals surface area contributed by atoms with Gasteiger partial charge in [-0.15, -0.1) is 0 Å². The number of ether oxygens (including phenoxy) is 1. The van der Waals surface area contributed by atoms with Gasteiger partial charge in [0.15, 0.2) is 0 Å². The number of rotatable bonds is 14. The normalized spacial score (nSPS) is 12.7. The minimum atomic E-state index is -4.13. The van der Waals surface area contributed by atoms with Gasteiger partial charge >= 0.3 is 0 Å². The highest BCUT2D eigenvalue weighted by molar-refractivity contribution is 7.92. The van der Waals surface area contributed by atoms with Gasteiger partial charge in [0.05, 0.1) is 17.2 Å². The Labute approximate surface area is 244 Å². The van der Waals surface area contributed by atoms with E-state index in [2.05, 4.69) is 5.32 Å². The molecule has 0 spiro atoms. The van der Waals surface area contributed by atoms with Crippen LogP contribution in [0.3, 0.4) is 0 Å². The summed E-state index contributed by atoms with van der Waals surface area (Å²) in [5, 5.41) is 2.95. The summed E-state index contributed by atoms with van der Waals surface area (Å²) in [6, 6.07) is 21.9. The summed E-state index contributed by atoms with van der Waals surface area (Å²) in [5.74, 6) is -0.197. The second-order valence-corrected chi connectivity index (χ2v) is 11.9. The first-order chi connectivity index (χ1) is 19.6. The van der Waals surface area contributed by atoms with Crippen molar-refractivity contribution in [3.05, 3.63) is 90.0 Å². The molecule has 0 unspecified atom stereocenters. The molecule has 2 amide bonds. The standard InChI is InChI=1S/C32H41N3O5S/c1-6-25(4)33-32(37)26(5)34(22-21-27-11-9-8-10-12-27)31(36)23-35(28-15-13-24(3)14-16-28)41(38,39)30-19-17-29(18-20-30)40-7-2/h8-20,25-26H,6-7,21-23H2,1-5H3,(H,33,37)/t25-,26-/m1/s1. The number of amides is 2. The highest BCUT2D eigenvalue weighted by Crippen LogP contribution is 2.26. The third-order valence-corrected chi connectivity index (χ3v) is 8.76. The minimum Gasteiger partial charge on any atom is -0.494 e. The van der Waals surface area contributed by atoms with Crippen molar-refractivity contribution in [1.82, 2.24) is 10.2 Å². The molecule has 0 saturated carbocycles. The number of sulfonamides is 1. The summed E-state index contributed by atoms with van der Waals surface area (Å²) in [7, 11) is -4.13. The Morgan fingerprint density at radius 3 is 2.12 bits per heavy atom. The fourth-order valence-electron chi connectivity index (χ4n) is 4.28. The van der Waals surface area contributed by atoms with Gasteiger partial charge < -0.3 is 15.0 Å². The third-order valence-electron chi connectivity index (χ3n) is 6.98. The van der Waals surface area contributed by atoms with E-state index in [-0.39, 0.29) is 23.4 Å². The lowest BCUT2D eigenvalue weighted by Gasteiger charge is -2.32. The van der Waals surface area contributed by atoms with Crippen LogP contribution < -0.4 is 14.4 Å². The molecule has 8 nitrogen and oxygen atoms in total. The number of carbonyl (C=O) groups is 2. The molecule has 9 heteroatoms. The van der Waals surface area contributed by atoms with Gasteiger partial charge in [0.25, 0.3) is 10.0 Å². The summed E-state index contributed by atoms with van der Waals surface area (Å²) < 4.78 is 34.5. The van der Waals surface area contributed by atoms with Crippen molar-refractivity contribution < 1.29 is 22.7 Å². The van der Waals surface area contributed by atoms with Crippen LogP contribution in [0.15, 0.2) is 83.8 Å². The van der Waals surface area contributed by atoms with Crippen LogP contribution >= 0.6 is 0 Å². The van der Waals surface area contributed by atoms with E-state index >= 15 is 0 Å². The molecule has 0 aliphatic carbocycles. The highest BCUT2D eigenvalue weighted by atomic mass is 32.2. The molecule has 0 aromatic heterocycles. The molecular formula is C32H41N3O5S. The molecule has 3 aromatic carbocycles. The molecular weight excluding hydrogens is 538 g/mol. The Balaban J connectivity index is 1.96. The Hall–Kier alpha value is -3.85. The van der Waals surface area contributed by atoms with Crippen LogP contribution in [0.4, 0.5) is 5.69 Å². The van der Waals surface area contributed by atoms with Crippen molar-refractivity contribution in [2.45, 2.75) is 64.4 Å². The number of aryl methyl sites for hydroxylation is 1. The van der Waals surface area contributed by atoms with E-state index in [0.29, 0.717) is 24.5 Å². The Bertz CT molecular complexity index is 1380. The number of anilines is 1. The predicted molar refractivity (Wildman–Crippen MR) is 163 cm³/mol. The van der Waals surface area contributed by atoms with Crippen LogP contribution in [0.2, 0.25) is 0 Å². The first-order valence-corrected chi connectivity index (χ1v) is 15.5. The van der Waals surface area contributed by atoms with E-state index in [9.17, 15) is 18.0 Å². The number of benzene rings is 3. The van der Waals surface area contributed by atoms with E-state index in [1.165, 1.54) is 17.0 Å². The molecule has 0 radical (unpaired) electrons. The van der Waals surface area contributed by atoms with E-state index in [4.69, 9.17) is 4.74 Å². The zero-order chi connectivity index (χ0) is 30.0. The lowest BCUT2D eigenvalue weighted by Crippen LogP contribution is -2.53. The van der Waals surface area contributed by atoms with Crippen LogP contribution in [-0.4, -0.2) is 56.9 Å². The van der Waals surface area contributed by atoms with Gasteiger partial charge in [-0.3, -0.25) is 13.9 Å². The Morgan fingerprint density at radius 1 is 0.902 bits per heavy atom. The van der Waals surface area contributed by atoms with Crippen LogP contribution in [0, 0.1) is 6.92 Å².